The Bertz CT molecular complexity index is 548. The molecule has 6 heteroatoms. The molecule has 0 aromatic heterocycles. The van der Waals surface area contributed by atoms with Gasteiger partial charge in [-0.15, -0.1) is 0 Å². The normalized spacial score (nSPS) is 44.0. The van der Waals surface area contributed by atoms with Gasteiger partial charge in [0.25, 0.3) is 0 Å². The Morgan fingerprint density at radius 2 is 1.32 bits per heavy atom. The van der Waals surface area contributed by atoms with E-state index in [1.165, 1.54) is 0 Å². The Balaban J connectivity index is 1.24. The van der Waals surface area contributed by atoms with E-state index in [0.29, 0.717) is 0 Å². The number of rotatable bonds is 6. The zero-order valence-electron chi connectivity index (χ0n) is 15.7. The second-order valence-electron chi connectivity index (χ2n) is 10.0. The molecule has 2 N–H and O–H groups in total. The Hall–Kier alpha value is -1.14. The van der Waals surface area contributed by atoms with Crippen LogP contribution >= 0.6 is 0 Å². The van der Waals surface area contributed by atoms with E-state index in [9.17, 15) is 9.59 Å². The van der Waals surface area contributed by atoms with E-state index in [4.69, 9.17) is 9.47 Å². The lowest BCUT2D eigenvalue weighted by molar-refractivity contribution is -0.166. The van der Waals surface area contributed by atoms with E-state index in [1.807, 2.05) is 13.8 Å². The van der Waals surface area contributed by atoms with Gasteiger partial charge in [-0.25, -0.2) is 0 Å². The summed E-state index contributed by atoms with van der Waals surface area (Å²) in [6.07, 6.45) is 2.12. The quantitative estimate of drug-likeness (QED) is 0.699. The van der Waals surface area contributed by atoms with Crippen molar-refractivity contribution in [2.24, 2.45) is 28.1 Å². The molecule has 2 aliphatic carbocycles. The summed E-state index contributed by atoms with van der Waals surface area (Å²) in [5.74, 6) is -0.279. The van der Waals surface area contributed by atoms with Crippen LogP contribution in [0.1, 0.15) is 40.5 Å². The Morgan fingerprint density at radius 3 is 1.60 bits per heavy atom. The summed E-state index contributed by atoms with van der Waals surface area (Å²) in [5, 5.41) is 6.74. The summed E-state index contributed by atoms with van der Waals surface area (Å²) in [5.41, 5.74) is -0.256. The van der Waals surface area contributed by atoms with Crippen molar-refractivity contribution in [3.05, 3.63) is 0 Å². The van der Waals surface area contributed by atoms with Crippen LogP contribution in [0.5, 0.6) is 0 Å². The van der Waals surface area contributed by atoms with E-state index in [0.717, 1.165) is 25.9 Å². The van der Waals surface area contributed by atoms with Crippen molar-refractivity contribution in [3.8, 4) is 0 Å². The summed E-state index contributed by atoms with van der Waals surface area (Å²) in [6, 6.07) is 0.557. The molecule has 25 heavy (non-hydrogen) atoms. The fourth-order valence-electron chi connectivity index (χ4n) is 5.27. The highest BCUT2D eigenvalue weighted by Crippen LogP contribution is 2.52. The molecule has 0 unspecified atom stereocenters. The van der Waals surface area contributed by atoms with Gasteiger partial charge in [0, 0.05) is 30.6 Å². The third-order valence-electron chi connectivity index (χ3n) is 6.93. The minimum atomic E-state index is -0.375. The molecule has 6 aliphatic rings. The van der Waals surface area contributed by atoms with Gasteiger partial charge >= 0.3 is 11.9 Å². The van der Waals surface area contributed by atoms with E-state index in [1.54, 1.807) is 0 Å². The summed E-state index contributed by atoms with van der Waals surface area (Å²) in [4.78, 5) is 24.8. The minimum absolute atomic E-state index is 0.0255. The molecule has 0 aromatic carbocycles. The molecule has 6 nitrogen and oxygen atoms in total. The van der Waals surface area contributed by atoms with Crippen LogP contribution in [0, 0.1) is 28.1 Å². The number of carbonyl (C=O) groups excluding carboxylic acids is 2. The first-order chi connectivity index (χ1) is 11.6. The van der Waals surface area contributed by atoms with Crippen LogP contribution in [0.25, 0.3) is 0 Å². The molecule has 4 saturated heterocycles. The van der Waals surface area contributed by atoms with Gasteiger partial charge in [0.1, 0.15) is 0 Å². The second kappa shape index (κ2) is 5.43. The van der Waals surface area contributed by atoms with Crippen LogP contribution in [0.15, 0.2) is 0 Å². The first-order valence-corrected chi connectivity index (χ1v) is 9.44. The van der Waals surface area contributed by atoms with Crippen LogP contribution in [-0.4, -0.2) is 50.3 Å². The number of carbonyl (C=O) groups is 2. The predicted octanol–water partition coefficient (Wildman–Crippen LogP) is 1.10. The first kappa shape index (κ1) is 17.3. The van der Waals surface area contributed by atoms with E-state index < -0.39 is 0 Å². The lowest BCUT2D eigenvalue weighted by Gasteiger charge is -2.42. The van der Waals surface area contributed by atoms with Crippen molar-refractivity contribution in [2.45, 2.75) is 52.6 Å². The highest BCUT2D eigenvalue weighted by molar-refractivity contribution is 5.77. The molecular weight excluding hydrogens is 320 g/mol. The van der Waals surface area contributed by atoms with Gasteiger partial charge in [0.2, 0.25) is 0 Å². The smallest absolute Gasteiger partial charge is 0.311 e. The van der Waals surface area contributed by atoms with Crippen molar-refractivity contribution in [1.29, 1.82) is 0 Å². The van der Waals surface area contributed by atoms with Crippen molar-refractivity contribution in [1.82, 2.24) is 10.6 Å². The Morgan fingerprint density at radius 1 is 0.920 bits per heavy atom. The summed E-state index contributed by atoms with van der Waals surface area (Å²) >= 11 is 0. The number of esters is 2. The zero-order chi connectivity index (χ0) is 18.0. The minimum Gasteiger partial charge on any atom is -0.465 e. The molecule has 140 valence electrons. The third kappa shape index (κ3) is 2.69. The van der Waals surface area contributed by atoms with Crippen LogP contribution in [0.3, 0.4) is 0 Å². The van der Waals surface area contributed by atoms with E-state index in [2.05, 4.69) is 24.5 Å². The molecule has 6 fully saturated rings. The molecule has 6 atom stereocenters. The molecule has 2 saturated carbocycles. The SMILES string of the molecule is CC(C)(COC(=O)[C@@H]1[C@H]2C[C@]1(C)CN2)COC(=O)[C@@H]1[C@H]2C[C@]1(C)CN2. The van der Waals surface area contributed by atoms with E-state index >= 15 is 0 Å². The Kier molecular flexibility index (Phi) is 3.75. The fraction of sp³-hybridized carbons (Fsp3) is 0.895. The second-order valence-corrected chi connectivity index (χ2v) is 10.0. The molecule has 0 amide bonds. The maximum absolute atomic E-state index is 12.4. The molecular formula is C19H30N2O4. The third-order valence-corrected chi connectivity index (χ3v) is 6.93. The molecule has 0 radical (unpaired) electrons. The van der Waals surface area contributed by atoms with Gasteiger partial charge in [-0.1, -0.05) is 27.7 Å². The maximum Gasteiger partial charge on any atom is 0.311 e. The zero-order valence-corrected chi connectivity index (χ0v) is 15.7. The molecule has 4 aliphatic heterocycles. The van der Waals surface area contributed by atoms with Crippen LogP contribution in [-0.2, 0) is 19.1 Å². The number of hydrogen-bond donors (Lipinski definition) is 2. The first-order valence-electron chi connectivity index (χ1n) is 9.44. The molecule has 4 heterocycles. The van der Waals surface area contributed by atoms with Gasteiger partial charge in [-0.05, 0) is 23.7 Å². The number of fused-ring (bicyclic) bond motifs is 2. The number of ether oxygens (including phenoxy) is 2. The van der Waals surface area contributed by atoms with Crippen LogP contribution < -0.4 is 10.6 Å². The maximum atomic E-state index is 12.4. The Labute approximate surface area is 149 Å². The molecule has 6 rings (SSSR count). The number of nitrogens with one attached hydrogen (secondary N) is 2. The largest absolute Gasteiger partial charge is 0.465 e. The molecule has 4 bridgehead atoms. The van der Waals surface area contributed by atoms with E-state index in [-0.39, 0.29) is 65.3 Å². The van der Waals surface area contributed by atoms with Gasteiger partial charge in [0.05, 0.1) is 25.0 Å². The van der Waals surface area contributed by atoms with Crippen molar-refractivity contribution < 1.29 is 19.1 Å². The lowest BCUT2D eigenvalue weighted by Crippen LogP contribution is -2.50. The average Bonchev–Trinajstić information content (AvgIpc) is 3.23. The fourth-order valence-corrected chi connectivity index (χ4v) is 5.27. The van der Waals surface area contributed by atoms with Crippen LogP contribution in [0.4, 0.5) is 0 Å². The summed E-state index contributed by atoms with van der Waals surface area (Å²) in [6.45, 7) is 10.6. The summed E-state index contributed by atoms with van der Waals surface area (Å²) < 4.78 is 11.2. The van der Waals surface area contributed by atoms with Gasteiger partial charge in [-0.3, -0.25) is 9.59 Å². The highest BCUT2D eigenvalue weighted by atomic mass is 16.5. The number of hydrogen-bond acceptors (Lipinski definition) is 6. The summed E-state index contributed by atoms with van der Waals surface area (Å²) in [7, 11) is 0. The lowest BCUT2D eigenvalue weighted by atomic mass is 9.62. The monoisotopic (exact) mass is 350 g/mol. The molecule has 0 aromatic rings. The average molecular weight is 350 g/mol. The van der Waals surface area contributed by atoms with Crippen molar-refractivity contribution in [2.75, 3.05) is 26.3 Å². The van der Waals surface area contributed by atoms with Gasteiger partial charge < -0.3 is 20.1 Å². The van der Waals surface area contributed by atoms with Gasteiger partial charge in [0.15, 0.2) is 0 Å². The highest BCUT2D eigenvalue weighted by Gasteiger charge is 2.61. The van der Waals surface area contributed by atoms with Gasteiger partial charge in [-0.2, -0.15) is 0 Å². The van der Waals surface area contributed by atoms with Crippen molar-refractivity contribution >= 4 is 11.9 Å². The van der Waals surface area contributed by atoms with Crippen molar-refractivity contribution in [3.63, 3.8) is 0 Å². The predicted molar refractivity (Wildman–Crippen MR) is 91.7 cm³/mol. The standard InChI is InChI=1S/C19H30N2O4/c1-17(2,9-24-15(22)13-11-5-18(13,3)7-20-11)10-25-16(23)14-12-6-19(14,4)8-21-12/h11-14,20-21H,5-10H2,1-4H3/t11-,12-,13+,14+,18-,19-/m1/s1. The van der Waals surface area contributed by atoms with Crippen LogP contribution in [0.2, 0.25) is 0 Å². The molecule has 0 spiro atoms. The topological polar surface area (TPSA) is 76.7 Å².